The maximum absolute atomic E-state index is 13.4. The van der Waals surface area contributed by atoms with Crippen LogP contribution in [-0.2, 0) is 6.42 Å². The number of pyridine rings is 1. The number of aromatic nitrogens is 6. The number of carbonyl (C=O) groups is 1. The Labute approximate surface area is 180 Å². The number of aryl methyl sites for hydroxylation is 1. The number of alkyl halides is 2. The molecule has 1 atom stereocenters. The standard InChI is InChI=1S/C21H19F2N7O2/c1-11-3-2-5-30-15(11)7-14(28-30)17-16-13(24-10-25-16)4-6-29(17)20(31)19-27-26-18(32-19)12-8-21(22,23)9-12/h2-3,5,7,10,12,17H,4,6,8-9H2,1H3,(H,24,25)/t17-/m1/s1. The number of H-pyrrole nitrogens is 1. The van der Waals surface area contributed by atoms with E-state index in [0.717, 1.165) is 16.8 Å². The Hall–Kier alpha value is -3.63. The molecule has 0 aromatic carbocycles. The number of nitrogens with zero attached hydrogens (tertiary/aromatic N) is 6. The van der Waals surface area contributed by atoms with Gasteiger partial charge in [0.05, 0.1) is 23.2 Å². The summed E-state index contributed by atoms with van der Waals surface area (Å²) in [6, 6.07) is 5.31. The molecule has 1 N–H and O–H groups in total. The van der Waals surface area contributed by atoms with E-state index in [1.165, 1.54) is 0 Å². The first-order valence-electron chi connectivity index (χ1n) is 10.4. The van der Waals surface area contributed by atoms with E-state index in [9.17, 15) is 13.6 Å². The smallest absolute Gasteiger partial charge is 0.312 e. The molecule has 2 aliphatic rings. The summed E-state index contributed by atoms with van der Waals surface area (Å²) in [6.07, 6.45) is 3.36. The molecule has 4 aromatic rings. The number of carbonyl (C=O) groups excluding carboxylic acids is 1. The molecule has 1 saturated carbocycles. The van der Waals surface area contributed by atoms with Gasteiger partial charge in [0.15, 0.2) is 0 Å². The fourth-order valence-electron chi connectivity index (χ4n) is 4.55. The van der Waals surface area contributed by atoms with Gasteiger partial charge in [0.25, 0.3) is 0 Å². The summed E-state index contributed by atoms with van der Waals surface area (Å²) in [4.78, 5) is 22.6. The van der Waals surface area contributed by atoms with E-state index < -0.39 is 23.8 Å². The molecule has 0 bridgehead atoms. The van der Waals surface area contributed by atoms with Crippen molar-refractivity contribution in [3.63, 3.8) is 0 Å². The molecule has 1 aliphatic carbocycles. The average Bonchev–Trinajstić information content (AvgIpc) is 3.49. The van der Waals surface area contributed by atoms with Crippen LogP contribution in [0.2, 0.25) is 0 Å². The molecule has 4 aromatic heterocycles. The SMILES string of the molecule is Cc1cccn2nc([C@@H]3c4nc[nH]c4CCN3C(=O)c3nnc(C4CC(F)(F)C4)o3)cc12. The molecule has 164 valence electrons. The summed E-state index contributed by atoms with van der Waals surface area (Å²) in [6.45, 7) is 2.39. The Bertz CT molecular complexity index is 1330. The van der Waals surface area contributed by atoms with Crippen molar-refractivity contribution in [2.75, 3.05) is 6.54 Å². The van der Waals surface area contributed by atoms with Crippen LogP contribution in [0.3, 0.4) is 0 Å². The highest BCUT2D eigenvalue weighted by Crippen LogP contribution is 2.47. The first-order chi connectivity index (χ1) is 15.4. The predicted molar refractivity (Wildman–Crippen MR) is 106 cm³/mol. The molecule has 32 heavy (non-hydrogen) atoms. The third kappa shape index (κ3) is 2.91. The van der Waals surface area contributed by atoms with Crippen molar-refractivity contribution >= 4 is 11.4 Å². The molecule has 1 amide bonds. The van der Waals surface area contributed by atoms with Crippen LogP contribution < -0.4 is 0 Å². The third-order valence-electron chi connectivity index (χ3n) is 6.26. The van der Waals surface area contributed by atoms with Gasteiger partial charge in [-0.25, -0.2) is 18.3 Å². The number of hydrogen-bond donors (Lipinski definition) is 1. The van der Waals surface area contributed by atoms with Gasteiger partial charge in [0, 0.05) is 43.6 Å². The van der Waals surface area contributed by atoms with E-state index in [0.29, 0.717) is 24.4 Å². The zero-order chi connectivity index (χ0) is 22.0. The fraction of sp³-hybridized carbons (Fsp3) is 0.381. The largest absolute Gasteiger partial charge is 0.417 e. The van der Waals surface area contributed by atoms with Crippen molar-refractivity contribution in [1.82, 2.24) is 34.7 Å². The van der Waals surface area contributed by atoms with E-state index in [1.54, 1.807) is 15.7 Å². The molecule has 6 rings (SSSR count). The minimum absolute atomic E-state index is 0.0802. The van der Waals surface area contributed by atoms with Gasteiger partial charge in [-0.2, -0.15) is 5.10 Å². The average molecular weight is 439 g/mol. The van der Waals surface area contributed by atoms with Crippen LogP contribution in [0.1, 0.15) is 64.0 Å². The van der Waals surface area contributed by atoms with Gasteiger partial charge in [-0.3, -0.25) is 4.79 Å². The number of aromatic amines is 1. The Balaban J connectivity index is 1.36. The molecule has 0 radical (unpaired) electrons. The summed E-state index contributed by atoms with van der Waals surface area (Å²) >= 11 is 0. The number of rotatable bonds is 3. The van der Waals surface area contributed by atoms with Crippen molar-refractivity contribution < 1.29 is 18.0 Å². The van der Waals surface area contributed by atoms with Crippen LogP contribution in [0.4, 0.5) is 8.78 Å². The van der Waals surface area contributed by atoms with Gasteiger partial charge < -0.3 is 14.3 Å². The van der Waals surface area contributed by atoms with Crippen molar-refractivity contribution in [3.8, 4) is 0 Å². The summed E-state index contributed by atoms with van der Waals surface area (Å²) in [5, 5.41) is 12.4. The van der Waals surface area contributed by atoms with Crippen LogP contribution in [0.5, 0.6) is 0 Å². The van der Waals surface area contributed by atoms with Gasteiger partial charge in [-0.1, -0.05) is 6.07 Å². The summed E-state index contributed by atoms with van der Waals surface area (Å²) < 4.78 is 33.7. The zero-order valence-corrected chi connectivity index (χ0v) is 17.1. The fourth-order valence-corrected chi connectivity index (χ4v) is 4.55. The lowest BCUT2D eigenvalue weighted by atomic mass is 9.81. The van der Waals surface area contributed by atoms with E-state index in [1.807, 2.05) is 31.3 Å². The second-order valence-corrected chi connectivity index (χ2v) is 8.41. The summed E-state index contributed by atoms with van der Waals surface area (Å²) in [5.74, 6) is -3.83. The van der Waals surface area contributed by atoms with E-state index in [2.05, 4.69) is 20.2 Å². The highest BCUT2D eigenvalue weighted by atomic mass is 19.3. The van der Waals surface area contributed by atoms with Crippen molar-refractivity contribution in [2.45, 2.75) is 44.1 Å². The van der Waals surface area contributed by atoms with Crippen LogP contribution in [-0.4, -0.2) is 53.1 Å². The number of amides is 1. The minimum atomic E-state index is -2.71. The Kier molecular flexibility index (Phi) is 3.99. The van der Waals surface area contributed by atoms with Crippen molar-refractivity contribution in [1.29, 1.82) is 0 Å². The second-order valence-electron chi connectivity index (χ2n) is 8.41. The number of halogens is 2. The number of fused-ring (bicyclic) bond motifs is 2. The maximum Gasteiger partial charge on any atom is 0.312 e. The van der Waals surface area contributed by atoms with Gasteiger partial charge in [-0.15, -0.1) is 10.2 Å². The van der Waals surface area contributed by atoms with Gasteiger partial charge in [-0.05, 0) is 24.6 Å². The number of nitrogens with one attached hydrogen (secondary N) is 1. The molecular weight excluding hydrogens is 420 g/mol. The topological polar surface area (TPSA) is 105 Å². The number of imidazole rings is 1. The van der Waals surface area contributed by atoms with Crippen molar-refractivity contribution in [2.24, 2.45) is 0 Å². The van der Waals surface area contributed by atoms with E-state index in [-0.39, 0.29) is 24.6 Å². The molecule has 1 fully saturated rings. The normalized spacial score (nSPS) is 20.3. The monoisotopic (exact) mass is 439 g/mol. The lowest BCUT2D eigenvalue weighted by Gasteiger charge is -2.33. The molecule has 9 nitrogen and oxygen atoms in total. The first-order valence-corrected chi connectivity index (χ1v) is 10.4. The Morgan fingerprint density at radius 1 is 1.31 bits per heavy atom. The van der Waals surface area contributed by atoms with Crippen LogP contribution in [0, 0.1) is 6.92 Å². The molecule has 0 spiro atoms. The summed E-state index contributed by atoms with van der Waals surface area (Å²) in [7, 11) is 0. The molecule has 1 aliphatic heterocycles. The molecule has 0 unspecified atom stereocenters. The maximum atomic E-state index is 13.4. The third-order valence-corrected chi connectivity index (χ3v) is 6.26. The first kappa shape index (κ1) is 19.1. The Morgan fingerprint density at radius 3 is 2.94 bits per heavy atom. The lowest BCUT2D eigenvalue weighted by Crippen LogP contribution is -2.41. The highest BCUT2D eigenvalue weighted by molar-refractivity contribution is 5.90. The molecular formula is C21H19F2N7O2. The summed E-state index contributed by atoms with van der Waals surface area (Å²) in [5.41, 5.74) is 4.31. The van der Waals surface area contributed by atoms with E-state index >= 15 is 0 Å². The molecule has 11 heteroatoms. The molecule has 0 saturated heterocycles. The van der Waals surface area contributed by atoms with Gasteiger partial charge in [0.1, 0.15) is 6.04 Å². The Morgan fingerprint density at radius 2 is 2.16 bits per heavy atom. The number of hydrogen-bond acceptors (Lipinski definition) is 6. The van der Waals surface area contributed by atoms with Gasteiger partial charge >= 0.3 is 11.8 Å². The quantitative estimate of drug-likeness (QED) is 0.526. The zero-order valence-electron chi connectivity index (χ0n) is 17.1. The highest BCUT2D eigenvalue weighted by Gasteiger charge is 2.49. The van der Waals surface area contributed by atoms with Gasteiger partial charge in [0.2, 0.25) is 11.8 Å². The predicted octanol–water partition coefficient (Wildman–Crippen LogP) is 3.05. The van der Waals surface area contributed by atoms with Crippen molar-refractivity contribution in [3.05, 3.63) is 65.1 Å². The molecule has 5 heterocycles. The van der Waals surface area contributed by atoms with Crippen LogP contribution in [0.15, 0.2) is 35.1 Å². The van der Waals surface area contributed by atoms with E-state index in [4.69, 9.17) is 9.52 Å². The van der Waals surface area contributed by atoms with Crippen LogP contribution in [0.25, 0.3) is 5.52 Å². The minimum Gasteiger partial charge on any atom is -0.417 e. The van der Waals surface area contributed by atoms with Crippen LogP contribution >= 0.6 is 0 Å². The lowest BCUT2D eigenvalue weighted by molar-refractivity contribution is -0.0919. The second kappa shape index (κ2) is 6.68.